The third kappa shape index (κ3) is 4.12. The van der Waals surface area contributed by atoms with Gasteiger partial charge in [-0.3, -0.25) is 0 Å². The van der Waals surface area contributed by atoms with E-state index in [1.165, 1.54) is 25.7 Å². The largest absolute Gasteiger partial charge is 0.391 e. The van der Waals surface area contributed by atoms with Crippen molar-refractivity contribution in [3.8, 4) is 0 Å². The van der Waals surface area contributed by atoms with Gasteiger partial charge in [-0.2, -0.15) is 0 Å². The van der Waals surface area contributed by atoms with Gasteiger partial charge in [0, 0.05) is 12.6 Å². The molecule has 2 nitrogen and oxygen atoms in total. The summed E-state index contributed by atoms with van der Waals surface area (Å²) in [6.45, 7) is 9.32. The van der Waals surface area contributed by atoms with Crippen LogP contribution in [-0.4, -0.2) is 23.8 Å². The standard InChI is InChI=1S/C13H27NO/c1-10-7-5-6-8-11(10)14-9-12(15)13(2,3)4/h10-12,14-15H,5-9H2,1-4H3. The summed E-state index contributed by atoms with van der Waals surface area (Å²) in [5, 5.41) is 13.5. The second kappa shape index (κ2) is 5.31. The Hall–Kier alpha value is -0.0800. The van der Waals surface area contributed by atoms with E-state index in [-0.39, 0.29) is 11.5 Å². The Labute approximate surface area is 94.5 Å². The van der Waals surface area contributed by atoms with Crippen LogP contribution in [0.2, 0.25) is 0 Å². The molecule has 3 atom stereocenters. The van der Waals surface area contributed by atoms with Crippen molar-refractivity contribution in [3.05, 3.63) is 0 Å². The van der Waals surface area contributed by atoms with Crippen LogP contribution in [0.1, 0.15) is 53.4 Å². The highest BCUT2D eigenvalue weighted by Crippen LogP contribution is 2.24. The molecule has 0 amide bonds. The second-order valence-electron chi connectivity index (χ2n) is 6.16. The molecule has 0 aromatic carbocycles. The normalized spacial score (nSPS) is 30.2. The van der Waals surface area contributed by atoms with Gasteiger partial charge in [-0.25, -0.2) is 0 Å². The number of hydrogen-bond acceptors (Lipinski definition) is 2. The lowest BCUT2D eigenvalue weighted by atomic mass is 9.84. The van der Waals surface area contributed by atoms with E-state index >= 15 is 0 Å². The highest BCUT2D eigenvalue weighted by Gasteiger charge is 2.25. The Balaban J connectivity index is 2.29. The van der Waals surface area contributed by atoms with Crippen LogP contribution < -0.4 is 5.32 Å². The van der Waals surface area contributed by atoms with Crippen molar-refractivity contribution in [2.75, 3.05) is 6.54 Å². The molecule has 1 aliphatic carbocycles. The molecule has 0 heterocycles. The van der Waals surface area contributed by atoms with Crippen LogP contribution >= 0.6 is 0 Å². The summed E-state index contributed by atoms with van der Waals surface area (Å²) in [5.74, 6) is 0.769. The van der Waals surface area contributed by atoms with Gasteiger partial charge in [-0.15, -0.1) is 0 Å². The fourth-order valence-corrected chi connectivity index (χ4v) is 2.19. The van der Waals surface area contributed by atoms with Crippen molar-refractivity contribution in [1.29, 1.82) is 0 Å². The SMILES string of the molecule is CC1CCCCC1NCC(O)C(C)(C)C. The van der Waals surface area contributed by atoms with E-state index < -0.39 is 0 Å². The lowest BCUT2D eigenvalue weighted by Crippen LogP contribution is -2.44. The predicted molar refractivity (Wildman–Crippen MR) is 64.9 cm³/mol. The van der Waals surface area contributed by atoms with Crippen LogP contribution in [0, 0.1) is 11.3 Å². The van der Waals surface area contributed by atoms with Gasteiger partial charge in [0.15, 0.2) is 0 Å². The first-order chi connectivity index (χ1) is 6.91. The van der Waals surface area contributed by atoms with Gasteiger partial charge >= 0.3 is 0 Å². The van der Waals surface area contributed by atoms with E-state index in [2.05, 4.69) is 33.0 Å². The highest BCUT2D eigenvalue weighted by atomic mass is 16.3. The Morgan fingerprint density at radius 1 is 1.27 bits per heavy atom. The van der Waals surface area contributed by atoms with Crippen molar-refractivity contribution < 1.29 is 5.11 Å². The number of hydrogen-bond donors (Lipinski definition) is 2. The summed E-state index contributed by atoms with van der Waals surface area (Å²) >= 11 is 0. The maximum Gasteiger partial charge on any atom is 0.0712 e. The predicted octanol–water partition coefficient (Wildman–Crippen LogP) is 2.56. The molecule has 0 aromatic rings. The van der Waals surface area contributed by atoms with Crippen LogP contribution in [0.5, 0.6) is 0 Å². The molecule has 0 aromatic heterocycles. The van der Waals surface area contributed by atoms with E-state index in [4.69, 9.17) is 0 Å². The summed E-state index contributed by atoms with van der Waals surface area (Å²) in [5.41, 5.74) is -0.00902. The molecular weight excluding hydrogens is 186 g/mol. The van der Waals surface area contributed by atoms with Gasteiger partial charge in [0.1, 0.15) is 0 Å². The molecule has 0 bridgehead atoms. The first-order valence-electron chi connectivity index (χ1n) is 6.32. The average molecular weight is 213 g/mol. The van der Waals surface area contributed by atoms with Gasteiger partial charge in [0.05, 0.1) is 6.10 Å². The number of aliphatic hydroxyl groups is 1. The molecule has 1 rings (SSSR count). The molecule has 0 radical (unpaired) electrons. The molecule has 15 heavy (non-hydrogen) atoms. The molecule has 2 heteroatoms. The summed E-state index contributed by atoms with van der Waals surface area (Å²) in [6, 6.07) is 0.621. The van der Waals surface area contributed by atoms with Crippen molar-refractivity contribution in [3.63, 3.8) is 0 Å². The Morgan fingerprint density at radius 2 is 1.87 bits per heavy atom. The molecule has 1 aliphatic rings. The molecular formula is C13H27NO. The van der Waals surface area contributed by atoms with Crippen molar-refractivity contribution in [2.24, 2.45) is 11.3 Å². The lowest BCUT2D eigenvalue weighted by molar-refractivity contribution is 0.0567. The van der Waals surface area contributed by atoms with Gasteiger partial charge in [0.25, 0.3) is 0 Å². The van der Waals surface area contributed by atoms with Crippen LogP contribution in [0.25, 0.3) is 0 Å². The topological polar surface area (TPSA) is 32.3 Å². The summed E-state index contributed by atoms with van der Waals surface area (Å²) in [6.07, 6.45) is 5.09. The van der Waals surface area contributed by atoms with Gasteiger partial charge < -0.3 is 10.4 Å². The quantitative estimate of drug-likeness (QED) is 0.755. The minimum atomic E-state index is -0.244. The molecule has 90 valence electrons. The van der Waals surface area contributed by atoms with Crippen LogP contribution in [0.3, 0.4) is 0 Å². The smallest absolute Gasteiger partial charge is 0.0712 e. The van der Waals surface area contributed by atoms with E-state index in [0.717, 1.165) is 12.5 Å². The zero-order valence-electron chi connectivity index (χ0n) is 10.7. The maximum absolute atomic E-state index is 9.94. The van der Waals surface area contributed by atoms with Gasteiger partial charge in [-0.05, 0) is 24.2 Å². The molecule has 0 saturated heterocycles. The van der Waals surface area contributed by atoms with E-state index in [1.54, 1.807) is 0 Å². The third-order valence-corrected chi connectivity index (χ3v) is 3.68. The summed E-state index contributed by atoms with van der Waals surface area (Å²) in [4.78, 5) is 0. The number of rotatable bonds is 3. The fraction of sp³-hybridized carbons (Fsp3) is 1.00. The lowest BCUT2D eigenvalue weighted by Gasteiger charge is -2.33. The zero-order chi connectivity index (χ0) is 11.5. The van der Waals surface area contributed by atoms with E-state index in [0.29, 0.717) is 6.04 Å². The zero-order valence-corrected chi connectivity index (χ0v) is 10.7. The minimum absolute atomic E-state index is 0.00902. The Bertz CT molecular complexity index is 185. The van der Waals surface area contributed by atoms with Crippen LogP contribution in [-0.2, 0) is 0 Å². The molecule has 1 saturated carbocycles. The highest BCUT2D eigenvalue weighted by molar-refractivity contribution is 4.81. The monoisotopic (exact) mass is 213 g/mol. The van der Waals surface area contributed by atoms with Gasteiger partial charge in [0.2, 0.25) is 0 Å². The van der Waals surface area contributed by atoms with Crippen molar-refractivity contribution in [1.82, 2.24) is 5.32 Å². The van der Waals surface area contributed by atoms with Crippen LogP contribution in [0.15, 0.2) is 0 Å². The Kier molecular flexibility index (Phi) is 4.60. The molecule has 1 fully saturated rings. The maximum atomic E-state index is 9.94. The Morgan fingerprint density at radius 3 is 2.40 bits per heavy atom. The third-order valence-electron chi connectivity index (χ3n) is 3.68. The van der Waals surface area contributed by atoms with Gasteiger partial charge in [-0.1, -0.05) is 40.5 Å². The first kappa shape index (κ1) is 13.0. The van der Waals surface area contributed by atoms with Crippen LogP contribution in [0.4, 0.5) is 0 Å². The number of aliphatic hydroxyl groups excluding tert-OH is 1. The van der Waals surface area contributed by atoms with Crippen molar-refractivity contribution >= 4 is 0 Å². The summed E-state index contributed by atoms with van der Waals surface area (Å²) < 4.78 is 0. The molecule has 0 spiro atoms. The minimum Gasteiger partial charge on any atom is -0.391 e. The molecule has 2 N–H and O–H groups in total. The summed E-state index contributed by atoms with van der Waals surface area (Å²) in [7, 11) is 0. The molecule has 0 aliphatic heterocycles. The average Bonchev–Trinajstić information content (AvgIpc) is 2.14. The first-order valence-corrected chi connectivity index (χ1v) is 6.32. The van der Waals surface area contributed by atoms with E-state index in [1.807, 2.05) is 0 Å². The molecule has 3 unspecified atom stereocenters. The second-order valence-corrected chi connectivity index (χ2v) is 6.16. The van der Waals surface area contributed by atoms with Crippen molar-refractivity contribution in [2.45, 2.75) is 65.5 Å². The van der Waals surface area contributed by atoms with E-state index in [9.17, 15) is 5.11 Å². The fourth-order valence-electron chi connectivity index (χ4n) is 2.19. The number of nitrogens with one attached hydrogen (secondary N) is 1.